The molecule has 0 radical (unpaired) electrons. The summed E-state index contributed by atoms with van der Waals surface area (Å²) in [6.07, 6.45) is 4.27. The van der Waals surface area contributed by atoms with E-state index in [2.05, 4.69) is 58.3 Å². The number of ketones is 2. The molecule has 2 saturated heterocycles. The molecule has 214 valence electrons. The van der Waals surface area contributed by atoms with Gasteiger partial charge in [-0.15, -0.1) is 0 Å². The second-order valence-electron chi connectivity index (χ2n) is 10.6. The predicted octanol–water partition coefficient (Wildman–Crippen LogP) is 4.30. The van der Waals surface area contributed by atoms with Gasteiger partial charge in [0.2, 0.25) is 0 Å². The lowest BCUT2D eigenvalue weighted by Crippen LogP contribution is -2.35. The van der Waals surface area contributed by atoms with E-state index in [-0.39, 0.29) is 12.0 Å². The van der Waals surface area contributed by atoms with Gasteiger partial charge >= 0.3 is 0 Å². The van der Waals surface area contributed by atoms with Crippen LogP contribution in [-0.4, -0.2) is 98.9 Å². The second kappa shape index (κ2) is 17.7. The summed E-state index contributed by atoms with van der Waals surface area (Å²) in [4.78, 5) is 31.5. The van der Waals surface area contributed by atoms with Crippen molar-refractivity contribution in [1.29, 1.82) is 0 Å². The molecule has 2 aromatic rings. The van der Waals surface area contributed by atoms with Crippen molar-refractivity contribution in [2.24, 2.45) is 0 Å². The zero-order chi connectivity index (χ0) is 28.6. The van der Waals surface area contributed by atoms with Gasteiger partial charge in [-0.2, -0.15) is 0 Å². The zero-order valence-electron chi connectivity index (χ0n) is 24.8. The zero-order valence-corrected chi connectivity index (χ0v) is 24.8. The molecular formula is C32H48N4O3. The van der Waals surface area contributed by atoms with Gasteiger partial charge in [-0.25, -0.2) is 0 Å². The maximum atomic E-state index is 11.8. The van der Waals surface area contributed by atoms with Crippen molar-refractivity contribution in [3.05, 3.63) is 83.6 Å². The van der Waals surface area contributed by atoms with Crippen LogP contribution in [0.2, 0.25) is 0 Å². The molecule has 7 nitrogen and oxygen atoms in total. The quantitative estimate of drug-likeness (QED) is 0.386. The fourth-order valence-electron chi connectivity index (χ4n) is 4.24. The van der Waals surface area contributed by atoms with Gasteiger partial charge in [-0.3, -0.25) is 24.3 Å². The highest BCUT2D eigenvalue weighted by Crippen LogP contribution is 2.15. The largest absolute Gasteiger partial charge is 0.383 e. The molecule has 2 fully saturated rings. The molecule has 2 aromatic carbocycles. The number of nitrogens with zero attached hydrogens (tertiary/aromatic N) is 4. The molecular weight excluding hydrogens is 488 g/mol. The first kappa shape index (κ1) is 32.4. The average Bonchev–Trinajstić information content (AvgIpc) is 2.93. The third kappa shape index (κ3) is 13.2. The number of likely N-dealkylation sites (tertiary alicyclic amines) is 2. The van der Waals surface area contributed by atoms with E-state index in [1.54, 1.807) is 7.11 Å². The summed E-state index contributed by atoms with van der Waals surface area (Å²) >= 11 is 0. The van der Waals surface area contributed by atoms with Crippen molar-refractivity contribution in [2.75, 3.05) is 61.5 Å². The van der Waals surface area contributed by atoms with E-state index in [0.717, 1.165) is 57.7 Å². The molecule has 0 saturated carbocycles. The Bertz CT molecular complexity index is 999. The van der Waals surface area contributed by atoms with Gasteiger partial charge in [0.05, 0.1) is 0 Å². The molecule has 2 heterocycles. The number of carbonyl (C=O) groups is 2. The van der Waals surface area contributed by atoms with Gasteiger partial charge in [-0.05, 0) is 32.1 Å². The first-order valence-electron chi connectivity index (χ1n) is 13.8. The smallest absolute Gasteiger partial charge is 0.162 e. The first-order valence-corrected chi connectivity index (χ1v) is 13.8. The topological polar surface area (TPSA) is 56.3 Å². The van der Waals surface area contributed by atoms with Crippen LogP contribution in [0, 0.1) is 0 Å². The van der Waals surface area contributed by atoms with Gasteiger partial charge in [-0.1, -0.05) is 60.7 Å². The van der Waals surface area contributed by atoms with E-state index >= 15 is 0 Å². The highest BCUT2D eigenvalue weighted by molar-refractivity contribution is 5.96. The number of carbonyl (C=O) groups excluding carboxylic acids is 2. The number of methoxy groups -OCH3 is 1. The third-order valence-electron chi connectivity index (χ3n) is 6.80. The fourth-order valence-corrected chi connectivity index (χ4v) is 4.24. The van der Waals surface area contributed by atoms with Crippen molar-refractivity contribution in [3.8, 4) is 0 Å². The molecule has 1 atom stereocenters. The molecule has 7 heteroatoms. The van der Waals surface area contributed by atoms with Crippen molar-refractivity contribution in [2.45, 2.75) is 45.5 Å². The summed E-state index contributed by atoms with van der Waals surface area (Å²) in [5.74, 6) is 0.697. The molecule has 0 N–H and O–H groups in total. The highest BCUT2D eigenvalue weighted by Gasteiger charge is 2.21. The van der Waals surface area contributed by atoms with Crippen molar-refractivity contribution in [3.63, 3.8) is 0 Å². The minimum atomic E-state index is 0.236. The maximum absolute atomic E-state index is 11.8. The minimum Gasteiger partial charge on any atom is -0.383 e. The molecule has 4 rings (SSSR count). The van der Waals surface area contributed by atoms with Gasteiger partial charge in [0.1, 0.15) is 12.0 Å². The summed E-state index contributed by atoms with van der Waals surface area (Å²) < 4.78 is 4.94. The van der Waals surface area contributed by atoms with E-state index in [4.69, 9.17) is 4.74 Å². The fraction of sp³-hybridized carbons (Fsp3) is 0.500. The number of piperidine rings is 2. The Labute approximate surface area is 236 Å². The molecule has 0 aromatic heterocycles. The Kier molecular flexibility index (Phi) is 14.7. The first-order chi connectivity index (χ1) is 18.7. The summed E-state index contributed by atoms with van der Waals surface area (Å²) in [5.41, 5.74) is 3.56. The Morgan fingerprint density at radius 3 is 1.72 bits per heavy atom. The van der Waals surface area contributed by atoms with Crippen LogP contribution in [-0.2, 0) is 27.4 Å². The Hall–Kier alpha value is -2.84. The molecule has 0 aliphatic carbocycles. The molecule has 1 unspecified atom stereocenters. The van der Waals surface area contributed by atoms with E-state index in [1.807, 2.05) is 63.2 Å². The Balaban J connectivity index is 0.000000226. The molecule has 2 aliphatic heterocycles. The van der Waals surface area contributed by atoms with Gasteiger partial charge in [0.25, 0.3) is 0 Å². The molecule has 2 aliphatic rings. The van der Waals surface area contributed by atoms with Crippen LogP contribution in [0.5, 0.6) is 0 Å². The van der Waals surface area contributed by atoms with Crippen LogP contribution in [0.4, 0.5) is 0 Å². The van der Waals surface area contributed by atoms with E-state index in [1.165, 1.54) is 11.1 Å². The second-order valence-corrected chi connectivity index (χ2v) is 10.6. The van der Waals surface area contributed by atoms with Crippen LogP contribution < -0.4 is 0 Å². The normalized spacial score (nSPS) is 18.2. The number of rotatable bonds is 7. The van der Waals surface area contributed by atoms with Crippen molar-refractivity contribution < 1.29 is 14.3 Å². The summed E-state index contributed by atoms with van der Waals surface area (Å²) in [7, 11) is 9.57. The Morgan fingerprint density at radius 1 is 0.795 bits per heavy atom. The lowest BCUT2D eigenvalue weighted by molar-refractivity contribution is -0.121. The Morgan fingerprint density at radius 2 is 1.28 bits per heavy atom. The summed E-state index contributed by atoms with van der Waals surface area (Å²) in [6.45, 7) is 7.36. The molecule has 0 amide bonds. The van der Waals surface area contributed by atoms with Gasteiger partial charge in [0.15, 0.2) is 5.78 Å². The predicted molar refractivity (Wildman–Crippen MR) is 159 cm³/mol. The molecule has 0 bridgehead atoms. The summed E-state index contributed by atoms with van der Waals surface area (Å²) in [5, 5.41) is 0. The lowest BCUT2D eigenvalue weighted by Gasteiger charge is -2.28. The lowest BCUT2D eigenvalue weighted by atomic mass is 10.0. The van der Waals surface area contributed by atoms with E-state index in [9.17, 15) is 9.59 Å². The van der Waals surface area contributed by atoms with Gasteiger partial charge < -0.3 is 9.64 Å². The SMILES string of the molecule is CN(C)/C=C1/CN(Cc2ccccc2)CCC1=O.COC(C)N(C)C.O=C1CCN(Cc2ccccc2)CC1. The average molecular weight is 537 g/mol. The van der Waals surface area contributed by atoms with Crippen LogP contribution in [0.15, 0.2) is 72.4 Å². The standard InChI is InChI=1S/C15H20N2O.C12H15NO.C5H13NO/c1-16(2)11-14-12-17(9-8-15(14)18)10-13-6-4-3-5-7-13;14-12-6-8-13(9-7-12)10-11-4-2-1-3-5-11;1-5(7-4)6(2)3/h3-7,11H,8-10,12H2,1-2H3;1-5H,6-10H2;5H,1-4H3/b14-11-;;. The van der Waals surface area contributed by atoms with Crippen LogP contribution in [0.25, 0.3) is 0 Å². The van der Waals surface area contributed by atoms with Crippen LogP contribution in [0.1, 0.15) is 37.3 Å². The number of ether oxygens (including phenoxy) is 1. The summed E-state index contributed by atoms with van der Waals surface area (Å²) in [6, 6.07) is 20.8. The molecule has 0 spiro atoms. The number of hydrogen-bond donors (Lipinski definition) is 0. The maximum Gasteiger partial charge on any atom is 0.162 e. The minimum absolute atomic E-state index is 0.236. The highest BCUT2D eigenvalue weighted by atomic mass is 16.5. The number of benzene rings is 2. The van der Waals surface area contributed by atoms with Crippen molar-refractivity contribution in [1.82, 2.24) is 19.6 Å². The monoisotopic (exact) mass is 536 g/mol. The van der Waals surface area contributed by atoms with Gasteiger partial charge in [0, 0.05) is 91.5 Å². The van der Waals surface area contributed by atoms with E-state index < -0.39 is 0 Å². The molecule has 39 heavy (non-hydrogen) atoms. The number of Topliss-reactive ketones (excluding diaryl/α,β-unsaturated/α-hetero) is 2. The van der Waals surface area contributed by atoms with Crippen molar-refractivity contribution >= 4 is 11.6 Å². The third-order valence-corrected chi connectivity index (χ3v) is 6.80. The van der Waals surface area contributed by atoms with E-state index in [0.29, 0.717) is 12.2 Å². The van der Waals surface area contributed by atoms with Crippen LogP contribution >= 0.6 is 0 Å². The number of hydrogen-bond acceptors (Lipinski definition) is 7. The van der Waals surface area contributed by atoms with Crippen LogP contribution in [0.3, 0.4) is 0 Å².